The lowest BCUT2D eigenvalue weighted by atomic mass is 9.43. The van der Waals surface area contributed by atoms with Gasteiger partial charge >= 0.3 is 0 Å². The van der Waals surface area contributed by atoms with Crippen molar-refractivity contribution in [3.8, 4) is 0 Å². The van der Waals surface area contributed by atoms with Gasteiger partial charge < -0.3 is 14.9 Å². The van der Waals surface area contributed by atoms with Crippen LogP contribution in [0.25, 0.3) is 0 Å². The predicted octanol–water partition coefficient (Wildman–Crippen LogP) is 4.03. The van der Waals surface area contributed by atoms with Crippen LogP contribution >= 0.6 is 0 Å². The Morgan fingerprint density at radius 1 is 1.29 bits per heavy atom. The van der Waals surface area contributed by atoms with Crippen LogP contribution in [-0.2, 0) is 11.3 Å². The number of hydrogen-bond acceptors (Lipinski definition) is 3. The number of methoxy groups -OCH3 is 1. The predicted molar refractivity (Wildman–Crippen MR) is 81.6 cm³/mol. The topological polar surface area (TPSA) is 48.4 Å². The lowest BCUT2D eigenvalue weighted by Crippen LogP contribution is -2.54. The summed E-state index contributed by atoms with van der Waals surface area (Å²) in [6.45, 7) is 3.02. The Morgan fingerprint density at radius 3 is 2.62 bits per heavy atom. The number of hydrogen-bond donors (Lipinski definition) is 1. The molecule has 116 valence electrons. The molecular formula is C18H27NO2. The lowest BCUT2D eigenvalue weighted by molar-refractivity contribution is -0.116. The highest BCUT2D eigenvalue weighted by molar-refractivity contribution is 5.18. The Bertz CT molecular complexity index is 521. The molecule has 0 saturated heterocycles. The maximum atomic E-state index is 6.73. The quantitative estimate of drug-likeness (QED) is 0.910. The van der Waals surface area contributed by atoms with E-state index in [0.29, 0.717) is 12.0 Å². The van der Waals surface area contributed by atoms with Gasteiger partial charge in [-0.25, -0.2) is 0 Å². The molecule has 0 spiro atoms. The van der Waals surface area contributed by atoms with Crippen molar-refractivity contribution in [2.24, 2.45) is 28.4 Å². The summed E-state index contributed by atoms with van der Waals surface area (Å²) < 4.78 is 11.1. The fourth-order valence-corrected chi connectivity index (χ4v) is 6.25. The van der Waals surface area contributed by atoms with Crippen molar-refractivity contribution >= 4 is 0 Å². The van der Waals surface area contributed by atoms with Crippen LogP contribution in [0.3, 0.4) is 0 Å². The molecule has 4 fully saturated rings. The number of ether oxygens (including phenoxy) is 1. The number of furan rings is 1. The van der Waals surface area contributed by atoms with Gasteiger partial charge in [-0.15, -0.1) is 0 Å². The second-order valence-corrected chi connectivity index (χ2v) is 8.35. The summed E-state index contributed by atoms with van der Waals surface area (Å²) in [5.41, 5.74) is 7.54. The first-order chi connectivity index (χ1) is 10.0. The van der Waals surface area contributed by atoms with Crippen molar-refractivity contribution in [2.45, 2.75) is 58.1 Å². The van der Waals surface area contributed by atoms with Crippen LogP contribution in [-0.4, -0.2) is 7.11 Å². The van der Waals surface area contributed by atoms with Crippen LogP contribution < -0.4 is 5.73 Å². The van der Waals surface area contributed by atoms with E-state index in [1.54, 1.807) is 7.11 Å². The normalized spacial score (nSPS) is 42.4. The second-order valence-electron chi connectivity index (χ2n) is 8.35. The molecule has 0 aromatic carbocycles. The van der Waals surface area contributed by atoms with Crippen LogP contribution in [0.4, 0.5) is 0 Å². The first-order valence-electron chi connectivity index (χ1n) is 8.35. The molecule has 21 heavy (non-hydrogen) atoms. The van der Waals surface area contributed by atoms with Gasteiger partial charge in [0.1, 0.15) is 18.1 Å². The zero-order valence-corrected chi connectivity index (χ0v) is 13.2. The lowest BCUT2D eigenvalue weighted by Gasteiger charge is -2.62. The zero-order valence-electron chi connectivity index (χ0n) is 13.2. The Morgan fingerprint density at radius 2 is 2.00 bits per heavy atom. The van der Waals surface area contributed by atoms with Crippen LogP contribution in [0.1, 0.15) is 63.0 Å². The molecular weight excluding hydrogens is 262 g/mol. The van der Waals surface area contributed by atoms with Crippen LogP contribution in [0.15, 0.2) is 16.5 Å². The molecule has 4 aliphatic rings. The average molecular weight is 289 g/mol. The van der Waals surface area contributed by atoms with Crippen molar-refractivity contribution in [3.05, 3.63) is 23.7 Å². The minimum Gasteiger partial charge on any atom is -0.462 e. The summed E-state index contributed by atoms with van der Waals surface area (Å²) in [6.07, 6.45) is 8.18. The van der Waals surface area contributed by atoms with E-state index in [4.69, 9.17) is 14.9 Å². The van der Waals surface area contributed by atoms with Gasteiger partial charge in [-0.1, -0.05) is 6.92 Å². The van der Waals surface area contributed by atoms with Gasteiger partial charge in [0.25, 0.3) is 0 Å². The van der Waals surface area contributed by atoms with E-state index in [1.165, 1.54) is 38.5 Å². The SMILES string of the molecule is COCc1ccc(C(N)C23CC4CC(CC(C)(C4)C2)C3)o1. The zero-order chi connectivity index (χ0) is 14.7. The van der Waals surface area contributed by atoms with E-state index >= 15 is 0 Å². The van der Waals surface area contributed by atoms with Gasteiger partial charge in [0.05, 0.1) is 6.04 Å². The van der Waals surface area contributed by atoms with E-state index in [1.807, 2.05) is 6.07 Å². The largest absolute Gasteiger partial charge is 0.462 e. The van der Waals surface area contributed by atoms with Crippen molar-refractivity contribution in [1.82, 2.24) is 0 Å². The molecule has 4 bridgehead atoms. The molecule has 5 rings (SSSR count). The van der Waals surface area contributed by atoms with Crippen molar-refractivity contribution in [1.29, 1.82) is 0 Å². The maximum Gasteiger partial charge on any atom is 0.129 e. The molecule has 1 aromatic heterocycles. The Hall–Kier alpha value is -0.800. The molecule has 3 heteroatoms. The average Bonchev–Trinajstić information content (AvgIpc) is 2.84. The molecule has 0 radical (unpaired) electrons. The molecule has 3 unspecified atom stereocenters. The van der Waals surface area contributed by atoms with Crippen LogP contribution in [0.5, 0.6) is 0 Å². The fraction of sp³-hybridized carbons (Fsp3) is 0.778. The summed E-state index contributed by atoms with van der Waals surface area (Å²) in [7, 11) is 1.70. The minimum absolute atomic E-state index is 0.0494. The number of rotatable bonds is 4. The van der Waals surface area contributed by atoms with Gasteiger partial charge in [0, 0.05) is 7.11 Å². The summed E-state index contributed by atoms with van der Waals surface area (Å²) in [4.78, 5) is 0. The molecule has 4 saturated carbocycles. The highest BCUT2D eigenvalue weighted by Gasteiger charge is 2.58. The Kier molecular flexibility index (Phi) is 3.03. The standard InChI is InChI=1S/C18H27NO2/c1-17-6-12-5-13(7-17)9-18(8-12,11-17)16(19)15-4-3-14(21-15)10-20-2/h3-4,12-13,16H,5-11,19H2,1-2H3. The monoisotopic (exact) mass is 289 g/mol. The second kappa shape index (κ2) is 4.60. The molecule has 3 atom stereocenters. The summed E-state index contributed by atoms with van der Waals surface area (Å²) in [6, 6.07) is 4.13. The van der Waals surface area contributed by atoms with E-state index < -0.39 is 0 Å². The third-order valence-electron chi connectivity index (χ3n) is 6.33. The molecule has 3 nitrogen and oxygen atoms in total. The summed E-state index contributed by atoms with van der Waals surface area (Å²) >= 11 is 0. The Balaban J connectivity index is 1.62. The highest BCUT2D eigenvalue weighted by atomic mass is 16.5. The van der Waals surface area contributed by atoms with Crippen molar-refractivity contribution < 1.29 is 9.15 Å². The van der Waals surface area contributed by atoms with Crippen molar-refractivity contribution in [3.63, 3.8) is 0 Å². The fourth-order valence-electron chi connectivity index (χ4n) is 6.25. The summed E-state index contributed by atoms with van der Waals surface area (Å²) in [5, 5.41) is 0. The van der Waals surface area contributed by atoms with E-state index in [2.05, 4.69) is 13.0 Å². The smallest absolute Gasteiger partial charge is 0.129 e. The minimum atomic E-state index is 0.0494. The van der Waals surface area contributed by atoms with Gasteiger partial charge in [0.15, 0.2) is 0 Å². The summed E-state index contributed by atoms with van der Waals surface area (Å²) in [5.74, 6) is 3.65. The van der Waals surface area contributed by atoms with E-state index in [9.17, 15) is 0 Å². The van der Waals surface area contributed by atoms with Crippen LogP contribution in [0.2, 0.25) is 0 Å². The first kappa shape index (κ1) is 13.8. The van der Waals surface area contributed by atoms with Gasteiger partial charge in [-0.05, 0) is 73.3 Å². The molecule has 4 aliphatic carbocycles. The van der Waals surface area contributed by atoms with Crippen LogP contribution in [0, 0.1) is 22.7 Å². The Labute approximate surface area is 127 Å². The third kappa shape index (κ3) is 2.17. The van der Waals surface area contributed by atoms with E-state index in [0.717, 1.165) is 23.4 Å². The maximum absolute atomic E-state index is 6.73. The number of nitrogens with two attached hydrogens (primary N) is 1. The first-order valence-corrected chi connectivity index (χ1v) is 8.35. The molecule has 0 amide bonds. The molecule has 0 aliphatic heterocycles. The highest BCUT2D eigenvalue weighted by Crippen LogP contribution is 2.67. The van der Waals surface area contributed by atoms with E-state index in [-0.39, 0.29) is 11.5 Å². The van der Waals surface area contributed by atoms with Gasteiger partial charge in [-0.3, -0.25) is 0 Å². The molecule has 2 N–H and O–H groups in total. The van der Waals surface area contributed by atoms with Gasteiger partial charge in [-0.2, -0.15) is 0 Å². The molecule has 1 heterocycles. The van der Waals surface area contributed by atoms with Crippen molar-refractivity contribution in [2.75, 3.05) is 7.11 Å². The third-order valence-corrected chi connectivity index (χ3v) is 6.33. The molecule has 1 aromatic rings. The van der Waals surface area contributed by atoms with Gasteiger partial charge in [0.2, 0.25) is 0 Å².